The van der Waals surface area contributed by atoms with Crippen LogP contribution < -0.4 is 4.74 Å². The molecule has 1 saturated carbocycles. The van der Waals surface area contributed by atoms with E-state index in [1.807, 2.05) is 30.0 Å². The van der Waals surface area contributed by atoms with Crippen LogP contribution in [0.5, 0.6) is 5.75 Å². The Morgan fingerprint density at radius 1 is 1.09 bits per heavy atom. The van der Waals surface area contributed by atoms with Crippen molar-refractivity contribution < 1.29 is 4.74 Å². The van der Waals surface area contributed by atoms with Gasteiger partial charge in [-0.2, -0.15) is 0 Å². The monoisotopic (exact) mass is 311 g/mol. The molecule has 0 N–H and O–H groups in total. The average molecular weight is 311 g/mol. The van der Waals surface area contributed by atoms with Crippen molar-refractivity contribution in [2.24, 2.45) is 5.92 Å². The van der Waals surface area contributed by atoms with Gasteiger partial charge in [0.05, 0.1) is 7.11 Å². The second kappa shape index (κ2) is 7.73. The average Bonchev–Trinajstić information content (AvgIpc) is 2.61. The van der Waals surface area contributed by atoms with E-state index in [0.717, 1.165) is 17.2 Å². The predicted molar refractivity (Wildman–Crippen MR) is 94.6 cm³/mol. The van der Waals surface area contributed by atoms with Crippen LogP contribution in [0.4, 0.5) is 0 Å². The van der Waals surface area contributed by atoms with E-state index in [1.165, 1.54) is 48.3 Å². The molecule has 2 aromatic carbocycles. The molecule has 0 atom stereocenters. The number of rotatable bonds is 5. The molecule has 0 unspecified atom stereocenters. The number of thioether (sulfide) groups is 1. The molecule has 22 heavy (non-hydrogen) atoms. The number of hydrogen-bond acceptors (Lipinski definition) is 2. The molecule has 1 aliphatic carbocycles. The normalized spacial score (nSPS) is 15.7. The van der Waals surface area contributed by atoms with Gasteiger partial charge in [-0.1, -0.05) is 43.5 Å². The topological polar surface area (TPSA) is 9.23 Å². The lowest BCUT2D eigenvalue weighted by atomic mass is 9.91. The second-order valence-electron chi connectivity index (χ2n) is 5.95. The minimum absolute atomic E-state index is 0.880. The predicted octanol–water partition coefficient (Wildman–Crippen LogP) is 5.83. The maximum absolute atomic E-state index is 5.42. The number of methoxy groups -OCH3 is 1. The molecular formula is C20H23OS. The van der Waals surface area contributed by atoms with E-state index in [4.69, 9.17) is 4.74 Å². The van der Waals surface area contributed by atoms with Gasteiger partial charge in [0.25, 0.3) is 0 Å². The van der Waals surface area contributed by atoms with E-state index >= 15 is 0 Å². The molecule has 115 valence electrons. The summed E-state index contributed by atoms with van der Waals surface area (Å²) in [4.78, 5) is 1.37. The van der Waals surface area contributed by atoms with Crippen LogP contribution in [0, 0.1) is 12.0 Å². The first kappa shape index (κ1) is 15.5. The zero-order valence-electron chi connectivity index (χ0n) is 13.2. The molecule has 2 aromatic rings. The van der Waals surface area contributed by atoms with Gasteiger partial charge in [-0.25, -0.2) is 0 Å². The Labute approximate surface area is 138 Å². The van der Waals surface area contributed by atoms with Crippen LogP contribution in [0.3, 0.4) is 0 Å². The summed E-state index contributed by atoms with van der Waals surface area (Å²) in [5, 5.41) is 0. The summed E-state index contributed by atoms with van der Waals surface area (Å²) in [6.07, 6.45) is 7.12. The summed E-state index contributed by atoms with van der Waals surface area (Å²) >= 11 is 2.00. The second-order valence-corrected chi connectivity index (χ2v) is 7.05. The molecule has 1 nitrogen and oxygen atoms in total. The van der Waals surface area contributed by atoms with Crippen molar-refractivity contribution in [1.82, 2.24) is 0 Å². The number of ether oxygens (including phenoxy) is 1. The van der Waals surface area contributed by atoms with E-state index in [0.29, 0.717) is 0 Å². The zero-order chi connectivity index (χ0) is 15.2. The number of benzene rings is 2. The maximum Gasteiger partial charge on any atom is 0.127 e. The molecule has 1 fully saturated rings. The standard InChI is InChI=1S/C20H23OS/c1-21-20-10-6-5-9-19(20)17-11-13-18(14-12-17)22-15-16-7-3-2-4-8-16/h5-6,10-14,16H,2-4,7-8,15H2,1H3. The summed E-state index contributed by atoms with van der Waals surface area (Å²) in [6.45, 7) is 0. The van der Waals surface area contributed by atoms with Gasteiger partial charge in [-0.3, -0.25) is 0 Å². The quantitative estimate of drug-likeness (QED) is 0.642. The minimum Gasteiger partial charge on any atom is -0.496 e. The minimum atomic E-state index is 0.880. The van der Waals surface area contributed by atoms with Crippen LogP contribution in [0.15, 0.2) is 47.4 Å². The van der Waals surface area contributed by atoms with Crippen molar-refractivity contribution in [3.63, 3.8) is 0 Å². The molecule has 0 heterocycles. The fourth-order valence-electron chi connectivity index (χ4n) is 3.10. The van der Waals surface area contributed by atoms with Gasteiger partial charge >= 0.3 is 0 Å². The van der Waals surface area contributed by atoms with Gasteiger partial charge < -0.3 is 4.74 Å². The molecule has 0 aromatic heterocycles. The smallest absolute Gasteiger partial charge is 0.127 e. The van der Waals surface area contributed by atoms with E-state index in [2.05, 4.69) is 30.3 Å². The van der Waals surface area contributed by atoms with Crippen molar-refractivity contribution >= 4 is 11.8 Å². The van der Waals surface area contributed by atoms with Crippen LogP contribution in [-0.2, 0) is 0 Å². The van der Waals surface area contributed by atoms with Crippen LogP contribution in [0.2, 0.25) is 0 Å². The van der Waals surface area contributed by atoms with Crippen LogP contribution in [0.1, 0.15) is 32.1 Å². The molecule has 0 spiro atoms. The van der Waals surface area contributed by atoms with Crippen molar-refractivity contribution in [1.29, 1.82) is 0 Å². The van der Waals surface area contributed by atoms with E-state index < -0.39 is 0 Å². The molecule has 3 rings (SSSR count). The summed E-state index contributed by atoms with van der Waals surface area (Å²) in [7, 11) is 1.71. The van der Waals surface area contributed by atoms with Crippen LogP contribution in [0.25, 0.3) is 11.1 Å². The SMILES string of the molecule is COc1ccc[c]c1-c1ccc(SCC2CCCCC2)cc1. The van der Waals surface area contributed by atoms with Gasteiger partial charge in [-0.05, 0) is 48.6 Å². The van der Waals surface area contributed by atoms with E-state index in [-0.39, 0.29) is 0 Å². The highest BCUT2D eigenvalue weighted by Gasteiger charge is 2.13. The van der Waals surface area contributed by atoms with Crippen molar-refractivity contribution in [3.05, 3.63) is 48.5 Å². The Bertz CT molecular complexity index is 585. The molecule has 1 radical (unpaired) electrons. The van der Waals surface area contributed by atoms with Crippen molar-refractivity contribution in [2.45, 2.75) is 37.0 Å². The Balaban J connectivity index is 1.64. The summed E-state index contributed by atoms with van der Waals surface area (Å²) in [5.74, 6) is 3.06. The van der Waals surface area contributed by atoms with E-state index in [9.17, 15) is 0 Å². The first-order valence-corrected chi connectivity index (χ1v) is 9.13. The van der Waals surface area contributed by atoms with Crippen molar-refractivity contribution in [3.8, 4) is 16.9 Å². The Morgan fingerprint density at radius 3 is 2.59 bits per heavy atom. The van der Waals surface area contributed by atoms with Crippen LogP contribution in [-0.4, -0.2) is 12.9 Å². The fourth-order valence-corrected chi connectivity index (χ4v) is 4.19. The summed E-state index contributed by atoms with van der Waals surface area (Å²) < 4.78 is 5.42. The molecule has 2 heteroatoms. The zero-order valence-corrected chi connectivity index (χ0v) is 14.0. The van der Waals surface area contributed by atoms with Gasteiger partial charge in [-0.15, -0.1) is 11.8 Å². The largest absolute Gasteiger partial charge is 0.496 e. The van der Waals surface area contributed by atoms with Gasteiger partial charge in [0.2, 0.25) is 0 Å². The molecule has 0 bridgehead atoms. The highest BCUT2D eigenvalue weighted by molar-refractivity contribution is 7.99. The fraction of sp³-hybridized carbons (Fsp3) is 0.400. The maximum atomic E-state index is 5.42. The Morgan fingerprint density at radius 2 is 1.86 bits per heavy atom. The highest BCUT2D eigenvalue weighted by atomic mass is 32.2. The highest BCUT2D eigenvalue weighted by Crippen LogP contribution is 2.33. The van der Waals surface area contributed by atoms with Crippen molar-refractivity contribution in [2.75, 3.05) is 12.9 Å². The molecular weight excluding hydrogens is 288 g/mol. The van der Waals surface area contributed by atoms with Crippen LogP contribution >= 0.6 is 11.8 Å². The third kappa shape index (κ3) is 3.86. The first-order valence-electron chi connectivity index (χ1n) is 8.15. The molecule has 0 aliphatic heterocycles. The van der Waals surface area contributed by atoms with Gasteiger partial charge in [0.15, 0.2) is 0 Å². The lowest BCUT2D eigenvalue weighted by Gasteiger charge is -2.20. The third-order valence-electron chi connectivity index (χ3n) is 4.39. The Kier molecular flexibility index (Phi) is 5.44. The molecule has 0 amide bonds. The molecule has 1 aliphatic rings. The van der Waals surface area contributed by atoms with Gasteiger partial charge in [0.1, 0.15) is 5.75 Å². The molecule has 0 saturated heterocycles. The third-order valence-corrected chi connectivity index (χ3v) is 5.63. The summed E-state index contributed by atoms with van der Waals surface area (Å²) in [5.41, 5.74) is 2.20. The Hall–Kier alpha value is -1.41. The lowest BCUT2D eigenvalue weighted by Crippen LogP contribution is -2.08. The number of hydrogen-bond donors (Lipinski definition) is 0. The van der Waals surface area contributed by atoms with E-state index in [1.54, 1.807) is 7.11 Å². The first-order chi connectivity index (χ1) is 10.9. The van der Waals surface area contributed by atoms with Gasteiger partial charge in [0, 0.05) is 16.2 Å². The summed E-state index contributed by atoms with van der Waals surface area (Å²) in [6, 6.07) is 18.0. The lowest BCUT2D eigenvalue weighted by molar-refractivity contribution is 0.391.